The van der Waals surface area contributed by atoms with Crippen LogP contribution in [0.4, 0.5) is 5.69 Å². The smallest absolute Gasteiger partial charge is 0.335 e. The van der Waals surface area contributed by atoms with Gasteiger partial charge in [0.1, 0.15) is 0 Å². The summed E-state index contributed by atoms with van der Waals surface area (Å²) >= 11 is 6.22. The zero-order valence-electron chi connectivity index (χ0n) is 13.9. The van der Waals surface area contributed by atoms with Gasteiger partial charge in [0.25, 0.3) is 0 Å². The number of rotatable bonds is 4. The molecule has 126 valence electrons. The van der Waals surface area contributed by atoms with Gasteiger partial charge in [0.2, 0.25) is 0 Å². The molecule has 0 aliphatic carbocycles. The number of aromatic nitrogens is 1. The third-order valence-electron chi connectivity index (χ3n) is 3.99. The Morgan fingerprint density at radius 3 is 2.60 bits per heavy atom. The molecule has 1 aromatic heterocycles. The molecule has 0 aliphatic heterocycles. The van der Waals surface area contributed by atoms with Crippen molar-refractivity contribution >= 4 is 29.5 Å². The molecule has 5 heteroatoms. The van der Waals surface area contributed by atoms with E-state index in [1.807, 2.05) is 54.9 Å². The maximum atomic E-state index is 11.0. The molecular formula is C20H17ClN2O2. The third-order valence-corrected chi connectivity index (χ3v) is 4.40. The molecule has 1 heterocycles. The number of carboxylic acid groups (broad SMARTS) is 1. The normalized spacial score (nSPS) is 11.2. The largest absolute Gasteiger partial charge is 0.478 e. The SMILES string of the molecule is Cc1ccc(-n2cccc2C=Nc2ccc(C(=O)O)cc2C)cc1Cl. The Kier molecular flexibility index (Phi) is 4.72. The number of aryl methyl sites for hydroxylation is 2. The fraction of sp³-hybridized carbons (Fsp3) is 0.100. The number of benzene rings is 2. The first-order valence-corrected chi connectivity index (χ1v) is 8.15. The van der Waals surface area contributed by atoms with Crippen LogP contribution >= 0.6 is 11.6 Å². The van der Waals surface area contributed by atoms with Crippen LogP contribution in [0, 0.1) is 13.8 Å². The molecule has 0 radical (unpaired) electrons. The minimum absolute atomic E-state index is 0.258. The van der Waals surface area contributed by atoms with E-state index < -0.39 is 5.97 Å². The summed E-state index contributed by atoms with van der Waals surface area (Å²) in [5.41, 5.74) is 4.70. The standard InChI is InChI=1S/C20H17ClN2O2/c1-13-5-7-16(11-18(13)21)23-9-3-4-17(23)12-22-19-8-6-15(20(24)25)10-14(19)2/h3-12H,1-2H3,(H,24,25). The van der Waals surface area contributed by atoms with Crippen molar-refractivity contribution in [3.63, 3.8) is 0 Å². The second-order valence-electron chi connectivity index (χ2n) is 5.80. The van der Waals surface area contributed by atoms with Gasteiger partial charge in [0.05, 0.1) is 23.2 Å². The minimum Gasteiger partial charge on any atom is -0.478 e. The second-order valence-corrected chi connectivity index (χ2v) is 6.21. The predicted molar refractivity (Wildman–Crippen MR) is 101 cm³/mol. The van der Waals surface area contributed by atoms with E-state index in [0.717, 1.165) is 28.2 Å². The van der Waals surface area contributed by atoms with Crippen LogP contribution in [0.2, 0.25) is 5.02 Å². The summed E-state index contributed by atoms with van der Waals surface area (Å²) in [6.07, 6.45) is 3.71. The first-order valence-electron chi connectivity index (χ1n) is 7.77. The lowest BCUT2D eigenvalue weighted by molar-refractivity contribution is 0.0697. The summed E-state index contributed by atoms with van der Waals surface area (Å²) in [6.45, 7) is 3.81. The Morgan fingerprint density at radius 2 is 1.92 bits per heavy atom. The van der Waals surface area contributed by atoms with E-state index in [4.69, 9.17) is 16.7 Å². The van der Waals surface area contributed by atoms with E-state index in [1.165, 1.54) is 0 Å². The van der Waals surface area contributed by atoms with Gasteiger partial charge in [0, 0.05) is 16.9 Å². The average Bonchev–Trinajstić information content (AvgIpc) is 3.04. The Bertz CT molecular complexity index is 974. The number of nitrogens with zero attached hydrogens (tertiary/aromatic N) is 2. The maximum Gasteiger partial charge on any atom is 0.335 e. The molecule has 0 saturated heterocycles. The van der Waals surface area contributed by atoms with E-state index >= 15 is 0 Å². The van der Waals surface area contributed by atoms with Crippen molar-refractivity contribution in [3.8, 4) is 5.69 Å². The molecule has 0 saturated carbocycles. The van der Waals surface area contributed by atoms with E-state index in [2.05, 4.69) is 4.99 Å². The zero-order valence-corrected chi connectivity index (χ0v) is 14.7. The average molecular weight is 353 g/mol. The molecule has 25 heavy (non-hydrogen) atoms. The summed E-state index contributed by atoms with van der Waals surface area (Å²) in [6, 6.07) is 14.7. The van der Waals surface area contributed by atoms with Crippen LogP contribution in [-0.2, 0) is 0 Å². The highest BCUT2D eigenvalue weighted by atomic mass is 35.5. The molecular weight excluding hydrogens is 336 g/mol. The molecule has 3 rings (SSSR count). The highest BCUT2D eigenvalue weighted by molar-refractivity contribution is 6.31. The van der Waals surface area contributed by atoms with Gasteiger partial charge in [0.15, 0.2) is 0 Å². The van der Waals surface area contributed by atoms with Gasteiger partial charge >= 0.3 is 5.97 Å². The van der Waals surface area contributed by atoms with Crippen molar-refractivity contribution in [2.45, 2.75) is 13.8 Å². The Balaban J connectivity index is 1.92. The number of hydrogen-bond acceptors (Lipinski definition) is 2. The fourth-order valence-corrected chi connectivity index (χ4v) is 2.71. The van der Waals surface area contributed by atoms with Gasteiger partial charge in [-0.15, -0.1) is 0 Å². The van der Waals surface area contributed by atoms with Crippen LogP contribution < -0.4 is 0 Å². The first kappa shape index (κ1) is 17.0. The molecule has 0 unspecified atom stereocenters. The van der Waals surface area contributed by atoms with Gasteiger partial charge < -0.3 is 9.67 Å². The summed E-state index contributed by atoms with van der Waals surface area (Å²) < 4.78 is 2.00. The Morgan fingerprint density at radius 1 is 1.12 bits per heavy atom. The topological polar surface area (TPSA) is 54.6 Å². The van der Waals surface area contributed by atoms with Crippen LogP contribution in [0.25, 0.3) is 5.69 Å². The van der Waals surface area contributed by atoms with Gasteiger partial charge in [-0.1, -0.05) is 17.7 Å². The molecule has 0 amide bonds. The molecule has 4 nitrogen and oxygen atoms in total. The van der Waals surface area contributed by atoms with E-state index in [1.54, 1.807) is 24.4 Å². The van der Waals surface area contributed by atoms with Crippen molar-refractivity contribution in [1.82, 2.24) is 4.57 Å². The lowest BCUT2D eigenvalue weighted by Gasteiger charge is -2.08. The highest BCUT2D eigenvalue weighted by Gasteiger charge is 2.06. The summed E-state index contributed by atoms with van der Waals surface area (Å²) in [5.74, 6) is -0.941. The number of aromatic carboxylic acids is 1. The summed E-state index contributed by atoms with van der Waals surface area (Å²) in [7, 11) is 0. The summed E-state index contributed by atoms with van der Waals surface area (Å²) in [5, 5.41) is 9.75. The predicted octanol–water partition coefficient (Wildman–Crippen LogP) is 5.20. The molecule has 3 aromatic rings. The van der Waals surface area contributed by atoms with Crippen LogP contribution in [-0.4, -0.2) is 21.9 Å². The van der Waals surface area contributed by atoms with Gasteiger partial charge in [-0.25, -0.2) is 4.79 Å². The number of carbonyl (C=O) groups is 1. The lowest BCUT2D eigenvalue weighted by Crippen LogP contribution is -1.98. The van der Waals surface area contributed by atoms with Crippen LogP contribution in [0.5, 0.6) is 0 Å². The lowest BCUT2D eigenvalue weighted by atomic mass is 10.1. The van der Waals surface area contributed by atoms with Gasteiger partial charge in [-0.2, -0.15) is 0 Å². The molecule has 0 atom stereocenters. The Hall–Kier alpha value is -2.85. The Labute approximate surface area is 151 Å². The minimum atomic E-state index is -0.941. The number of aliphatic imine (C=N–C) groups is 1. The van der Waals surface area contributed by atoms with E-state index in [-0.39, 0.29) is 5.56 Å². The molecule has 0 aliphatic rings. The number of carboxylic acids is 1. The van der Waals surface area contributed by atoms with Crippen molar-refractivity contribution < 1.29 is 9.90 Å². The second kappa shape index (κ2) is 6.95. The fourth-order valence-electron chi connectivity index (χ4n) is 2.54. The molecule has 2 aromatic carbocycles. The van der Waals surface area contributed by atoms with Crippen molar-refractivity contribution in [3.05, 3.63) is 82.1 Å². The summed E-state index contributed by atoms with van der Waals surface area (Å²) in [4.78, 5) is 15.5. The first-order chi connectivity index (χ1) is 12.0. The monoisotopic (exact) mass is 352 g/mol. The zero-order chi connectivity index (χ0) is 18.0. The number of halogens is 1. The molecule has 0 spiro atoms. The third kappa shape index (κ3) is 3.64. The van der Waals surface area contributed by atoms with Crippen molar-refractivity contribution in [2.75, 3.05) is 0 Å². The van der Waals surface area contributed by atoms with Gasteiger partial charge in [-0.3, -0.25) is 4.99 Å². The van der Waals surface area contributed by atoms with Crippen molar-refractivity contribution in [2.24, 2.45) is 4.99 Å². The van der Waals surface area contributed by atoms with Crippen LogP contribution in [0.1, 0.15) is 27.2 Å². The molecule has 1 N–H and O–H groups in total. The van der Waals surface area contributed by atoms with Crippen LogP contribution in [0.15, 0.2) is 59.7 Å². The van der Waals surface area contributed by atoms with Gasteiger partial charge in [-0.05, 0) is 67.4 Å². The van der Waals surface area contributed by atoms with E-state index in [0.29, 0.717) is 5.02 Å². The highest BCUT2D eigenvalue weighted by Crippen LogP contribution is 2.22. The number of hydrogen-bond donors (Lipinski definition) is 1. The molecule has 0 fully saturated rings. The van der Waals surface area contributed by atoms with E-state index in [9.17, 15) is 4.79 Å². The van der Waals surface area contributed by atoms with Crippen LogP contribution in [0.3, 0.4) is 0 Å². The quantitative estimate of drug-likeness (QED) is 0.656. The molecule has 0 bridgehead atoms. The maximum absolute atomic E-state index is 11.0. The van der Waals surface area contributed by atoms with Crippen molar-refractivity contribution in [1.29, 1.82) is 0 Å².